The molecule has 0 saturated heterocycles. The first-order valence-corrected chi connectivity index (χ1v) is 8.52. The Bertz CT molecular complexity index is 667. The molecule has 4 nitrogen and oxygen atoms in total. The van der Waals surface area contributed by atoms with Crippen LogP contribution in [-0.4, -0.2) is 24.6 Å². The minimum Gasteiger partial charge on any atom is -0.497 e. The second-order valence-corrected chi connectivity index (χ2v) is 6.78. The maximum Gasteiger partial charge on any atom is 0.217 e. The van der Waals surface area contributed by atoms with Crippen LogP contribution in [0.1, 0.15) is 21.5 Å². The number of methoxy groups -OCH3 is 1. The van der Waals surface area contributed by atoms with Gasteiger partial charge in [-0.2, -0.15) is 0 Å². The van der Waals surface area contributed by atoms with Crippen molar-refractivity contribution in [2.45, 2.75) is 18.4 Å². The lowest BCUT2D eigenvalue weighted by Gasteiger charge is -2.03. The molecule has 0 aliphatic rings. The van der Waals surface area contributed by atoms with Gasteiger partial charge in [-0.25, -0.2) is 0 Å². The normalized spacial score (nSPS) is 10.3. The molecule has 116 valence electrons. The highest BCUT2D eigenvalue weighted by atomic mass is 32.2. The summed E-state index contributed by atoms with van der Waals surface area (Å²) in [5, 5.41) is 2.73. The van der Waals surface area contributed by atoms with Gasteiger partial charge < -0.3 is 10.1 Å². The number of benzene rings is 1. The van der Waals surface area contributed by atoms with Gasteiger partial charge in [0.05, 0.1) is 24.3 Å². The standard InChI is InChI=1S/C16H17NO3S2/c1-11(18)17-9-14-6-7-16(22-14)15(19)10-21-13-5-3-4-12(8-13)20-2/h3-8H,9-10H2,1-2H3,(H,17,18). The molecule has 0 unspecified atom stereocenters. The van der Waals surface area contributed by atoms with E-state index in [1.807, 2.05) is 36.4 Å². The third kappa shape index (κ3) is 4.89. The molecule has 0 bridgehead atoms. The molecule has 22 heavy (non-hydrogen) atoms. The molecule has 0 saturated carbocycles. The van der Waals surface area contributed by atoms with Gasteiger partial charge in [0, 0.05) is 16.7 Å². The maximum absolute atomic E-state index is 12.2. The second kappa shape index (κ2) is 8.00. The molecular weight excluding hydrogens is 318 g/mol. The third-order valence-electron chi connectivity index (χ3n) is 2.86. The van der Waals surface area contributed by atoms with Crippen LogP contribution in [0.25, 0.3) is 0 Å². The van der Waals surface area contributed by atoms with E-state index < -0.39 is 0 Å². The number of thiophene rings is 1. The molecule has 0 aliphatic heterocycles. The molecule has 0 fully saturated rings. The molecule has 2 aromatic rings. The largest absolute Gasteiger partial charge is 0.497 e. The van der Waals surface area contributed by atoms with Crippen LogP contribution >= 0.6 is 23.1 Å². The Morgan fingerprint density at radius 2 is 2.09 bits per heavy atom. The molecule has 6 heteroatoms. The minimum atomic E-state index is -0.0742. The van der Waals surface area contributed by atoms with E-state index in [2.05, 4.69) is 5.32 Å². The SMILES string of the molecule is COc1cccc(SCC(=O)c2ccc(CNC(C)=O)s2)c1. The van der Waals surface area contributed by atoms with Crippen LogP contribution in [0.15, 0.2) is 41.3 Å². The summed E-state index contributed by atoms with van der Waals surface area (Å²) in [5.41, 5.74) is 0. The number of rotatable bonds is 7. The molecule has 1 aromatic heterocycles. The maximum atomic E-state index is 12.2. The van der Waals surface area contributed by atoms with E-state index >= 15 is 0 Å². The monoisotopic (exact) mass is 335 g/mol. The summed E-state index contributed by atoms with van der Waals surface area (Å²) >= 11 is 2.91. The predicted octanol–water partition coefficient (Wildman–Crippen LogP) is 3.37. The first-order valence-electron chi connectivity index (χ1n) is 6.71. The number of ketones is 1. The zero-order valence-corrected chi connectivity index (χ0v) is 14.1. The number of hydrogen-bond acceptors (Lipinski definition) is 5. The average molecular weight is 335 g/mol. The molecule has 1 heterocycles. The molecule has 1 N–H and O–H groups in total. The molecule has 1 aromatic carbocycles. The quantitative estimate of drug-likeness (QED) is 0.623. The average Bonchev–Trinajstić information content (AvgIpc) is 3.00. The van der Waals surface area contributed by atoms with E-state index in [-0.39, 0.29) is 11.7 Å². The Morgan fingerprint density at radius 3 is 2.82 bits per heavy atom. The zero-order valence-electron chi connectivity index (χ0n) is 12.4. The predicted molar refractivity (Wildman–Crippen MR) is 89.9 cm³/mol. The number of carbonyl (C=O) groups excluding carboxylic acids is 2. The fraction of sp³-hybridized carbons (Fsp3) is 0.250. The number of nitrogens with one attached hydrogen (secondary N) is 1. The number of hydrogen-bond donors (Lipinski definition) is 1. The molecule has 0 spiro atoms. The van der Waals surface area contributed by atoms with Gasteiger partial charge >= 0.3 is 0 Å². The van der Waals surface area contributed by atoms with Crippen LogP contribution in [0.2, 0.25) is 0 Å². The van der Waals surface area contributed by atoms with Gasteiger partial charge in [0.2, 0.25) is 5.91 Å². The van der Waals surface area contributed by atoms with Gasteiger partial charge in [-0.1, -0.05) is 6.07 Å². The highest BCUT2D eigenvalue weighted by Gasteiger charge is 2.10. The van der Waals surface area contributed by atoms with Crippen LogP contribution in [0, 0.1) is 0 Å². The van der Waals surface area contributed by atoms with Gasteiger partial charge in [0.1, 0.15) is 5.75 Å². The van der Waals surface area contributed by atoms with Crippen molar-refractivity contribution in [3.8, 4) is 5.75 Å². The first-order chi connectivity index (χ1) is 10.6. The summed E-state index contributed by atoms with van der Waals surface area (Å²) < 4.78 is 5.17. The summed E-state index contributed by atoms with van der Waals surface area (Å²) in [7, 11) is 1.62. The van der Waals surface area contributed by atoms with Gasteiger partial charge in [0.15, 0.2) is 5.78 Å². The second-order valence-electron chi connectivity index (χ2n) is 4.57. The Kier molecular flexibility index (Phi) is 6.03. The van der Waals surface area contributed by atoms with E-state index in [0.29, 0.717) is 12.3 Å². The van der Waals surface area contributed by atoms with Crippen molar-refractivity contribution in [3.05, 3.63) is 46.2 Å². The number of carbonyl (C=O) groups is 2. The Hall–Kier alpha value is -1.79. The van der Waals surface area contributed by atoms with E-state index in [1.165, 1.54) is 30.0 Å². The fourth-order valence-corrected chi connectivity index (χ4v) is 3.55. The number of ether oxygens (including phenoxy) is 1. The summed E-state index contributed by atoms with van der Waals surface area (Å²) in [5.74, 6) is 1.18. The lowest BCUT2D eigenvalue weighted by molar-refractivity contribution is -0.119. The molecule has 0 aliphatic carbocycles. The zero-order chi connectivity index (χ0) is 15.9. The van der Waals surface area contributed by atoms with Crippen molar-refractivity contribution in [2.24, 2.45) is 0 Å². The lowest BCUT2D eigenvalue weighted by atomic mass is 10.3. The molecule has 1 amide bonds. The van der Waals surface area contributed by atoms with Crippen molar-refractivity contribution in [1.29, 1.82) is 0 Å². The summed E-state index contributed by atoms with van der Waals surface area (Å²) in [6.07, 6.45) is 0. The third-order valence-corrected chi connectivity index (χ3v) is 4.98. The topological polar surface area (TPSA) is 55.4 Å². The van der Waals surface area contributed by atoms with Crippen LogP contribution in [0.5, 0.6) is 5.75 Å². The highest BCUT2D eigenvalue weighted by molar-refractivity contribution is 8.00. The lowest BCUT2D eigenvalue weighted by Crippen LogP contribution is -2.18. The van der Waals surface area contributed by atoms with Crippen LogP contribution in [0.4, 0.5) is 0 Å². The van der Waals surface area contributed by atoms with Crippen LogP contribution in [0.3, 0.4) is 0 Å². The highest BCUT2D eigenvalue weighted by Crippen LogP contribution is 2.25. The summed E-state index contributed by atoms with van der Waals surface area (Å²) in [4.78, 5) is 25.8. The van der Waals surface area contributed by atoms with Crippen molar-refractivity contribution >= 4 is 34.8 Å². The van der Waals surface area contributed by atoms with Gasteiger partial charge in [0.25, 0.3) is 0 Å². The number of thioether (sulfide) groups is 1. The Balaban J connectivity index is 1.90. The van der Waals surface area contributed by atoms with E-state index in [4.69, 9.17) is 4.74 Å². The fourth-order valence-electron chi connectivity index (χ4n) is 1.75. The smallest absolute Gasteiger partial charge is 0.217 e. The van der Waals surface area contributed by atoms with E-state index in [9.17, 15) is 9.59 Å². The van der Waals surface area contributed by atoms with Crippen molar-refractivity contribution in [2.75, 3.05) is 12.9 Å². The molecular formula is C16H17NO3S2. The summed E-state index contributed by atoms with van der Waals surface area (Å²) in [6.45, 7) is 1.95. The first kappa shape index (κ1) is 16.6. The van der Waals surface area contributed by atoms with E-state index in [1.54, 1.807) is 7.11 Å². The number of amides is 1. The van der Waals surface area contributed by atoms with Crippen molar-refractivity contribution < 1.29 is 14.3 Å². The molecule has 0 radical (unpaired) electrons. The number of Topliss-reactive ketones (excluding diaryl/α,β-unsaturated/α-hetero) is 1. The van der Waals surface area contributed by atoms with Crippen LogP contribution < -0.4 is 10.1 Å². The molecule has 2 rings (SSSR count). The minimum absolute atomic E-state index is 0.0742. The van der Waals surface area contributed by atoms with Gasteiger partial charge in [-0.05, 0) is 30.3 Å². The molecule has 0 atom stereocenters. The van der Waals surface area contributed by atoms with Crippen LogP contribution in [-0.2, 0) is 11.3 Å². The van der Waals surface area contributed by atoms with E-state index in [0.717, 1.165) is 20.4 Å². The summed E-state index contributed by atoms with van der Waals surface area (Å²) in [6, 6.07) is 11.3. The van der Waals surface area contributed by atoms with Crippen molar-refractivity contribution in [3.63, 3.8) is 0 Å². The Labute approximate surface area is 137 Å². The van der Waals surface area contributed by atoms with Gasteiger partial charge in [-0.15, -0.1) is 23.1 Å². The van der Waals surface area contributed by atoms with Crippen molar-refractivity contribution in [1.82, 2.24) is 5.32 Å². The van der Waals surface area contributed by atoms with Gasteiger partial charge in [-0.3, -0.25) is 9.59 Å². The Morgan fingerprint density at radius 1 is 1.27 bits per heavy atom.